The molecule has 2 aromatic carbocycles. The Kier molecular flexibility index (Phi) is 3.56. The van der Waals surface area contributed by atoms with Gasteiger partial charge in [-0.05, 0) is 0 Å². The maximum absolute atomic E-state index is 10.9. The van der Waals surface area contributed by atoms with Crippen molar-refractivity contribution in [3.05, 3.63) is 67.3 Å². The number of halogens is 1. The molecule has 16 heavy (non-hydrogen) atoms. The molecule has 0 N–H and O–H groups in total. The molecule has 0 atom stereocenters. The van der Waals surface area contributed by atoms with Gasteiger partial charge in [-0.3, -0.25) is 0 Å². The van der Waals surface area contributed by atoms with Crippen molar-refractivity contribution in [2.24, 2.45) is 0 Å². The number of aromatic carboxylic acids is 1. The summed E-state index contributed by atoms with van der Waals surface area (Å²) in [7, 11) is 0. The molecule has 82 valence electrons. The van der Waals surface area contributed by atoms with Gasteiger partial charge in [-0.15, -0.1) is 0 Å². The van der Waals surface area contributed by atoms with Crippen LogP contribution in [0.4, 0.5) is 0 Å². The predicted octanol–water partition coefficient (Wildman–Crippen LogP) is -2.02. The van der Waals surface area contributed by atoms with Crippen LogP contribution in [0.25, 0.3) is 0 Å². The molecule has 0 radical (unpaired) electrons. The van der Waals surface area contributed by atoms with E-state index in [9.17, 15) is 9.90 Å². The van der Waals surface area contributed by atoms with E-state index in [-0.39, 0.29) is 0 Å². The number of carbonyl (C=O) groups is 1. The number of hydrogen-bond acceptors (Lipinski definition) is 2. The third-order valence-electron chi connectivity index (χ3n) is 1.97. The quantitative estimate of drug-likeness (QED) is 0.483. The molecule has 2 rings (SSSR count). The van der Waals surface area contributed by atoms with Gasteiger partial charge >= 0.3 is 104 Å². The summed E-state index contributed by atoms with van der Waals surface area (Å²) >= 11 is -0.503. The van der Waals surface area contributed by atoms with Crippen LogP contribution in [0.2, 0.25) is 0 Å². The van der Waals surface area contributed by atoms with E-state index in [1.807, 2.05) is 36.4 Å². The van der Waals surface area contributed by atoms with Gasteiger partial charge in [0.2, 0.25) is 0 Å². The van der Waals surface area contributed by atoms with E-state index >= 15 is 0 Å². The van der Waals surface area contributed by atoms with E-state index in [0.29, 0.717) is 5.56 Å². The van der Waals surface area contributed by atoms with Crippen LogP contribution >= 0.6 is 0 Å². The van der Waals surface area contributed by atoms with Crippen LogP contribution in [-0.2, 0) is 0 Å². The Labute approximate surface area is 104 Å². The molecule has 0 fully saturated rings. The molecule has 0 saturated carbocycles. The average molecular weight is 323 g/mol. The van der Waals surface area contributed by atoms with E-state index in [1.165, 1.54) is 0 Å². The second-order valence-electron chi connectivity index (χ2n) is 3.07. The van der Waals surface area contributed by atoms with Gasteiger partial charge in [0.15, 0.2) is 0 Å². The SMILES string of the molecule is O=C([O-])c1ccccc1[I-]c1[c-]cccc1. The third-order valence-corrected chi connectivity index (χ3v) is 4.74. The number of carboxylic acids is 1. The first-order chi connectivity index (χ1) is 7.77. The fourth-order valence-corrected chi connectivity index (χ4v) is 3.68. The van der Waals surface area contributed by atoms with Crippen molar-refractivity contribution in [3.8, 4) is 0 Å². The molecule has 0 heterocycles. The average Bonchev–Trinajstić information content (AvgIpc) is 2.31. The van der Waals surface area contributed by atoms with Crippen LogP contribution in [0.5, 0.6) is 0 Å². The normalized spacial score (nSPS) is 10.2. The van der Waals surface area contributed by atoms with Gasteiger partial charge in [-0.2, -0.15) is 0 Å². The minimum absolute atomic E-state index is 0.299. The third kappa shape index (κ3) is 2.61. The Morgan fingerprint density at radius 3 is 2.56 bits per heavy atom. The van der Waals surface area contributed by atoms with Crippen molar-refractivity contribution in [2.75, 3.05) is 0 Å². The molecule has 0 aromatic heterocycles. The molecular formula is C13H8IO2-3. The summed E-state index contributed by atoms with van der Waals surface area (Å²) < 4.78 is 1.94. The van der Waals surface area contributed by atoms with E-state index in [2.05, 4.69) is 6.07 Å². The molecular weight excluding hydrogens is 315 g/mol. The van der Waals surface area contributed by atoms with Gasteiger partial charge in [0, 0.05) is 0 Å². The molecule has 0 amide bonds. The standard InChI is InChI=1S/C13H9IO2/c15-13(16)11-8-4-5-9-12(11)14-10-6-2-1-3-7-10/h1-6,8-9H,(H,15,16)/q-2/p-1. The van der Waals surface area contributed by atoms with Crippen LogP contribution in [-0.4, -0.2) is 5.97 Å². The number of carbonyl (C=O) groups excluding carboxylic acids is 1. The monoisotopic (exact) mass is 323 g/mol. The topological polar surface area (TPSA) is 40.1 Å². The summed E-state index contributed by atoms with van der Waals surface area (Å²) in [6.07, 6.45) is 0. The molecule has 0 aliphatic carbocycles. The Balaban J connectivity index is 2.31. The Morgan fingerprint density at radius 1 is 1.12 bits per heavy atom. The summed E-state index contributed by atoms with van der Waals surface area (Å²) in [4.78, 5) is 10.9. The van der Waals surface area contributed by atoms with Gasteiger partial charge in [-0.1, -0.05) is 0 Å². The summed E-state index contributed by atoms with van der Waals surface area (Å²) in [5.41, 5.74) is 0.299. The van der Waals surface area contributed by atoms with E-state index < -0.39 is 27.2 Å². The van der Waals surface area contributed by atoms with Crippen molar-refractivity contribution in [2.45, 2.75) is 0 Å². The molecule has 0 aliphatic rings. The number of carboxylic acid groups (broad SMARTS) is 1. The van der Waals surface area contributed by atoms with Crippen molar-refractivity contribution in [1.29, 1.82) is 0 Å². The molecule has 0 unspecified atom stereocenters. The summed E-state index contributed by atoms with van der Waals surface area (Å²) in [5.74, 6) is -1.11. The fourth-order valence-electron chi connectivity index (χ4n) is 1.25. The molecule has 0 bridgehead atoms. The van der Waals surface area contributed by atoms with Crippen LogP contribution in [0.15, 0.2) is 48.5 Å². The van der Waals surface area contributed by atoms with Gasteiger partial charge in [0.05, 0.1) is 0 Å². The summed E-state index contributed by atoms with van der Waals surface area (Å²) in [6, 6.07) is 17.8. The maximum atomic E-state index is 10.9. The summed E-state index contributed by atoms with van der Waals surface area (Å²) in [5, 5.41) is 10.9. The van der Waals surface area contributed by atoms with Crippen molar-refractivity contribution in [1.82, 2.24) is 0 Å². The van der Waals surface area contributed by atoms with Crippen LogP contribution < -0.4 is 26.3 Å². The van der Waals surface area contributed by atoms with Crippen molar-refractivity contribution in [3.63, 3.8) is 0 Å². The van der Waals surface area contributed by atoms with Gasteiger partial charge in [0.25, 0.3) is 0 Å². The van der Waals surface area contributed by atoms with E-state index in [1.54, 1.807) is 12.1 Å². The first-order valence-corrected chi connectivity index (χ1v) is 6.85. The van der Waals surface area contributed by atoms with Crippen molar-refractivity contribution >= 4 is 5.97 Å². The van der Waals surface area contributed by atoms with E-state index in [0.717, 1.165) is 7.14 Å². The molecule has 2 nitrogen and oxygen atoms in total. The molecule has 3 heteroatoms. The van der Waals surface area contributed by atoms with Crippen LogP contribution in [0, 0.1) is 13.2 Å². The predicted molar refractivity (Wildman–Crippen MR) is 53.4 cm³/mol. The van der Waals surface area contributed by atoms with E-state index in [4.69, 9.17) is 0 Å². The Hall–Kier alpha value is -1.36. The van der Waals surface area contributed by atoms with Crippen LogP contribution in [0.3, 0.4) is 0 Å². The second kappa shape index (κ2) is 5.12. The molecule has 0 saturated heterocycles. The van der Waals surface area contributed by atoms with Gasteiger partial charge in [0.1, 0.15) is 0 Å². The number of hydrogen-bond donors (Lipinski definition) is 0. The molecule has 0 aliphatic heterocycles. The van der Waals surface area contributed by atoms with Gasteiger partial charge < -0.3 is 0 Å². The number of benzene rings is 2. The first kappa shape index (κ1) is 11.1. The van der Waals surface area contributed by atoms with Crippen LogP contribution in [0.1, 0.15) is 10.4 Å². The first-order valence-electron chi connectivity index (χ1n) is 4.69. The van der Waals surface area contributed by atoms with Crippen molar-refractivity contribution < 1.29 is 31.1 Å². The zero-order valence-electron chi connectivity index (χ0n) is 8.31. The zero-order valence-corrected chi connectivity index (χ0v) is 10.5. The molecule has 2 aromatic rings. The molecule has 0 spiro atoms. The Bertz CT molecular complexity index is 494. The second-order valence-corrected chi connectivity index (χ2v) is 5.94. The van der Waals surface area contributed by atoms with Gasteiger partial charge in [-0.25, -0.2) is 0 Å². The summed E-state index contributed by atoms with van der Waals surface area (Å²) in [6.45, 7) is 0. The minimum atomic E-state index is -1.11. The number of rotatable bonds is 3. The fraction of sp³-hybridized carbons (Fsp3) is 0. The Morgan fingerprint density at radius 2 is 1.88 bits per heavy atom. The zero-order chi connectivity index (χ0) is 11.4.